The van der Waals surface area contributed by atoms with E-state index in [1.165, 1.54) is 0 Å². The fourth-order valence-corrected chi connectivity index (χ4v) is 5.89. The van der Waals surface area contributed by atoms with Crippen LogP contribution in [0.3, 0.4) is 0 Å². The van der Waals surface area contributed by atoms with Crippen molar-refractivity contribution >= 4 is 44.2 Å². The van der Waals surface area contributed by atoms with Crippen molar-refractivity contribution in [2.24, 2.45) is 5.41 Å². The molecule has 0 saturated heterocycles. The van der Waals surface area contributed by atoms with Crippen molar-refractivity contribution in [1.29, 1.82) is 0 Å². The second kappa shape index (κ2) is 7.93. The van der Waals surface area contributed by atoms with Crippen molar-refractivity contribution < 1.29 is 14.3 Å². The van der Waals surface area contributed by atoms with Crippen LogP contribution in [0.25, 0.3) is 21.1 Å². The standard InChI is InChI=1S/C25H24N2O3S/c1-16-23(17-8-2-3-9-18(17)26-16)20(28)15-30-24(29)25(12-6-7-13-25)14-22-27-19-10-4-5-11-21(19)31-22/h2-5,8-11,26H,6-7,12-15H2,1H3. The van der Waals surface area contributed by atoms with Gasteiger partial charge in [-0.2, -0.15) is 0 Å². The van der Waals surface area contributed by atoms with Gasteiger partial charge in [-0.15, -0.1) is 11.3 Å². The Hall–Kier alpha value is -2.99. The minimum atomic E-state index is -0.580. The molecule has 0 atom stereocenters. The SMILES string of the molecule is Cc1[nH]c2ccccc2c1C(=O)COC(=O)C1(Cc2nc3ccccc3s2)CCCC1. The summed E-state index contributed by atoms with van der Waals surface area (Å²) in [6.07, 6.45) is 4.13. The number of ether oxygens (including phenoxy) is 1. The van der Waals surface area contributed by atoms with Crippen molar-refractivity contribution in [3.8, 4) is 0 Å². The fourth-order valence-electron chi connectivity index (χ4n) is 4.78. The zero-order valence-electron chi connectivity index (χ0n) is 17.4. The molecule has 5 nitrogen and oxygen atoms in total. The number of para-hydroxylation sites is 2. The maximum Gasteiger partial charge on any atom is 0.312 e. The largest absolute Gasteiger partial charge is 0.457 e. The van der Waals surface area contributed by atoms with Crippen LogP contribution >= 0.6 is 11.3 Å². The van der Waals surface area contributed by atoms with Gasteiger partial charge in [0.05, 0.1) is 20.6 Å². The molecule has 4 aromatic rings. The molecule has 0 radical (unpaired) electrons. The van der Waals surface area contributed by atoms with Gasteiger partial charge in [-0.1, -0.05) is 43.2 Å². The second-order valence-corrected chi connectivity index (χ2v) is 9.52. The molecule has 1 aliphatic rings. The quantitative estimate of drug-likeness (QED) is 0.317. The molecule has 158 valence electrons. The van der Waals surface area contributed by atoms with Crippen LogP contribution in [0.4, 0.5) is 0 Å². The van der Waals surface area contributed by atoms with Crippen molar-refractivity contribution in [3.05, 3.63) is 64.8 Å². The number of nitrogens with zero attached hydrogens (tertiary/aromatic N) is 1. The lowest BCUT2D eigenvalue weighted by Gasteiger charge is -2.25. The van der Waals surface area contributed by atoms with E-state index in [9.17, 15) is 9.59 Å². The molecular weight excluding hydrogens is 408 g/mol. The highest BCUT2D eigenvalue weighted by Gasteiger charge is 2.43. The van der Waals surface area contributed by atoms with Crippen molar-refractivity contribution in [3.63, 3.8) is 0 Å². The third-order valence-electron chi connectivity index (χ3n) is 6.33. The summed E-state index contributed by atoms with van der Waals surface area (Å²) in [5.41, 5.74) is 2.71. The van der Waals surface area contributed by atoms with E-state index in [4.69, 9.17) is 9.72 Å². The molecule has 1 N–H and O–H groups in total. The monoisotopic (exact) mass is 432 g/mol. The number of fused-ring (bicyclic) bond motifs is 2. The molecule has 1 aliphatic carbocycles. The first-order valence-electron chi connectivity index (χ1n) is 10.7. The number of ketones is 1. The van der Waals surface area contributed by atoms with Crippen molar-refractivity contribution in [2.45, 2.75) is 39.0 Å². The minimum absolute atomic E-state index is 0.170. The number of nitrogens with one attached hydrogen (secondary N) is 1. The summed E-state index contributed by atoms with van der Waals surface area (Å²) in [5, 5.41) is 1.82. The molecule has 0 aliphatic heterocycles. The molecule has 2 aromatic heterocycles. The second-order valence-electron chi connectivity index (χ2n) is 8.41. The number of aryl methyl sites for hydroxylation is 1. The molecule has 31 heavy (non-hydrogen) atoms. The summed E-state index contributed by atoms with van der Waals surface area (Å²) in [7, 11) is 0. The van der Waals surface area contributed by atoms with Gasteiger partial charge in [0.15, 0.2) is 6.61 Å². The topological polar surface area (TPSA) is 72.1 Å². The van der Waals surface area contributed by atoms with E-state index in [-0.39, 0.29) is 18.4 Å². The number of benzene rings is 2. The summed E-state index contributed by atoms with van der Waals surface area (Å²) >= 11 is 1.64. The number of rotatable bonds is 6. The molecule has 2 aromatic carbocycles. The van der Waals surface area contributed by atoms with E-state index in [0.717, 1.165) is 57.5 Å². The van der Waals surface area contributed by atoms with E-state index < -0.39 is 5.41 Å². The fraction of sp³-hybridized carbons (Fsp3) is 0.320. The number of H-pyrrole nitrogens is 1. The summed E-state index contributed by atoms with van der Waals surface area (Å²) in [5.74, 6) is -0.438. The first kappa shape index (κ1) is 19.9. The summed E-state index contributed by atoms with van der Waals surface area (Å²) in [4.78, 5) is 34.1. The zero-order chi connectivity index (χ0) is 21.4. The van der Waals surface area contributed by atoms with Gasteiger partial charge in [-0.3, -0.25) is 9.59 Å². The Labute approximate surface area is 184 Å². The molecule has 1 fully saturated rings. The van der Waals surface area contributed by atoms with Gasteiger partial charge in [0.2, 0.25) is 5.78 Å². The third kappa shape index (κ3) is 3.65. The van der Waals surface area contributed by atoms with Crippen molar-refractivity contribution in [1.82, 2.24) is 9.97 Å². The smallest absolute Gasteiger partial charge is 0.312 e. The summed E-state index contributed by atoms with van der Waals surface area (Å²) in [6, 6.07) is 15.7. The van der Waals surface area contributed by atoms with Gasteiger partial charge in [0.1, 0.15) is 0 Å². The third-order valence-corrected chi connectivity index (χ3v) is 7.36. The van der Waals surface area contributed by atoms with E-state index in [0.29, 0.717) is 12.0 Å². The van der Waals surface area contributed by atoms with E-state index in [1.807, 2.05) is 49.4 Å². The van der Waals surface area contributed by atoms with E-state index in [2.05, 4.69) is 11.1 Å². The molecule has 0 bridgehead atoms. The van der Waals surface area contributed by atoms with Crippen LogP contribution in [0, 0.1) is 12.3 Å². The highest BCUT2D eigenvalue weighted by molar-refractivity contribution is 7.18. The van der Waals surface area contributed by atoms with Crippen molar-refractivity contribution in [2.75, 3.05) is 6.61 Å². The van der Waals surface area contributed by atoms with Crippen LogP contribution in [0.5, 0.6) is 0 Å². The van der Waals surface area contributed by atoms with Crippen LogP contribution in [0.15, 0.2) is 48.5 Å². The Morgan fingerprint density at radius 2 is 1.84 bits per heavy atom. The van der Waals surface area contributed by atoms with Gasteiger partial charge >= 0.3 is 5.97 Å². The predicted molar refractivity (Wildman–Crippen MR) is 123 cm³/mol. The number of hydrogen-bond donors (Lipinski definition) is 1. The predicted octanol–water partition coefficient (Wildman–Crippen LogP) is 5.62. The number of hydrogen-bond acceptors (Lipinski definition) is 5. The lowest BCUT2D eigenvalue weighted by atomic mass is 9.83. The molecule has 2 heterocycles. The number of esters is 1. The molecule has 0 amide bonds. The molecular formula is C25H24N2O3S. The first-order valence-corrected chi connectivity index (χ1v) is 11.5. The lowest BCUT2D eigenvalue weighted by molar-refractivity contribution is -0.154. The number of carbonyl (C=O) groups is 2. The highest BCUT2D eigenvalue weighted by Crippen LogP contribution is 2.43. The van der Waals surface area contributed by atoms with Gasteiger partial charge in [0, 0.05) is 28.6 Å². The van der Waals surface area contributed by atoms with Crippen LogP contribution in [-0.4, -0.2) is 28.3 Å². The average Bonchev–Trinajstić information content (AvgIpc) is 3.48. The van der Waals surface area contributed by atoms with Crippen LogP contribution < -0.4 is 0 Å². The minimum Gasteiger partial charge on any atom is -0.457 e. The van der Waals surface area contributed by atoms with Gasteiger partial charge in [0.25, 0.3) is 0 Å². The Morgan fingerprint density at radius 3 is 2.65 bits per heavy atom. The maximum absolute atomic E-state index is 13.2. The summed E-state index contributed by atoms with van der Waals surface area (Å²) < 4.78 is 6.77. The van der Waals surface area contributed by atoms with Crippen LogP contribution in [-0.2, 0) is 16.0 Å². The summed E-state index contributed by atoms with van der Waals surface area (Å²) in [6.45, 7) is 1.64. The average molecular weight is 433 g/mol. The first-order chi connectivity index (χ1) is 15.1. The number of aromatic nitrogens is 2. The normalized spacial score (nSPS) is 15.5. The van der Waals surface area contributed by atoms with Gasteiger partial charge in [-0.05, 0) is 38.0 Å². The van der Waals surface area contributed by atoms with Gasteiger partial charge in [-0.25, -0.2) is 4.98 Å². The number of carbonyl (C=O) groups excluding carboxylic acids is 2. The van der Waals surface area contributed by atoms with Crippen LogP contribution in [0.1, 0.15) is 46.7 Å². The molecule has 0 spiro atoms. The highest BCUT2D eigenvalue weighted by atomic mass is 32.1. The molecule has 5 rings (SSSR count). The Bertz CT molecular complexity index is 1250. The van der Waals surface area contributed by atoms with Crippen LogP contribution in [0.2, 0.25) is 0 Å². The Balaban J connectivity index is 1.33. The Kier molecular flexibility index (Phi) is 5.10. The lowest BCUT2D eigenvalue weighted by Crippen LogP contribution is -2.33. The maximum atomic E-state index is 13.2. The molecule has 1 saturated carbocycles. The number of thiazole rings is 1. The molecule has 6 heteroatoms. The zero-order valence-corrected chi connectivity index (χ0v) is 18.3. The number of Topliss-reactive ketones (excluding diaryl/α,β-unsaturated/α-hetero) is 1. The Morgan fingerprint density at radius 1 is 1.10 bits per heavy atom. The van der Waals surface area contributed by atoms with E-state index in [1.54, 1.807) is 11.3 Å². The number of aromatic amines is 1. The van der Waals surface area contributed by atoms with Gasteiger partial charge < -0.3 is 9.72 Å². The molecule has 0 unspecified atom stereocenters. The van der Waals surface area contributed by atoms with E-state index >= 15 is 0 Å².